The molecule has 0 unspecified atom stereocenters. The highest BCUT2D eigenvalue weighted by Crippen LogP contribution is 2.10. The first-order chi connectivity index (χ1) is 5.88. The molecule has 1 rings (SSSR count). The maximum atomic E-state index is 12.3. The largest absolute Gasteiger partial charge is 0.304 e. The Morgan fingerprint density at radius 1 is 1.25 bits per heavy atom. The third-order valence-corrected chi connectivity index (χ3v) is 1.75. The van der Waals surface area contributed by atoms with E-state index in [1.165, 1.54) is 0 Å². The van der Waals surface area contributed by atoms with Crippen LogP contribution in [0.5, 0.6) is 0 Å². The predicted octanol–water partition coefficient (Wildman–Crippen LogP) is 1.59. The minimum absolute atomic E-state index is 0.428. The van der Waals surface area contributed by atoms with Crippen molar-refractivity contribution in [2.45, 2.75) is 13.1 Å². The number of halogens is 1. The van der Waals surface area contributed by atoms with Crippen LogP contribution in [0.1, 0.15) is 11.1 Å². The number of hydrogen-bond acceptors (Lipinski definition) is 2. The van der Waals surface area contributed by atoms with Crippen LogP contribution in [0.2, 0.25) is 0 Å². The molecule has 0 bridgehead atoms. The number of hydrogen-bond donors (Lipinski definition) is 1. The van der Waals surface area contributed by atoms with E-state index < -0.39 is 6.67 Å². The fraction of sp³-hybridized carbons (Fsp3) is 0.333. The van der Waals surface area contributed by atoms with E-state index in [0.29, 0.717) is 13.0 Å². The Balaban J connectivity index is 2.68. The zero-order valence-electron chi connectivity index (χ0n) is 6.79. The second-order valence-electron chi connectivity index (χ2n) is 2.52. The monoisotopic (exact) mass is 169 g/mol. The summed E-state index contributed by atoms with van der Waals surface area (Å²) in [5.74, 6) is 4.87. The van der Waals surface area contributed by atoms with Gasteiger partial charge in [0.2, 0.25) is 0 Å². The Kier molecular flexibility index (Phi) is 3.70. The van der Waals surface area contributed by atoms with Gasteiger partial charge in [0.25, 0.3) is 0 Å². The molecule has 1 aromatic carbocycles. The van der Waals surface area contributed by atoms with Gasteiger partial charge in [-0.1, -0.05) is 24.3 Å². The third-order valence-electron chi connectivity index (χ3n) is 1.75. The first kappa shape index (κ1) is 9.16. The Bertz CT molecular complexity index is 240. The third kappa shape index (κ3) is 2.29. The van der Waals surface area contributed by atoms with E-state index in [1.54, 1.807) is 6.07 Å². The average Bonchev–Trinajstić information content (AvgIpc) is 2.15. The molecular weight excluding hydrogens is 157 g/mol. The predicted molar refractivity (Wildman–Crippen MR) is 45.1 cm³/mol. The molecule has 0 atom stereocenters. The fourth-order valence-corrected chi connectivity index (χ4v) is 1.10. The van der Waals surface area contributed by atoms with Gasteiger partial charge in [-0.05, 0) is 17.5 Å². The molecule has 0 saturated heterocycles. The van der Waals surface area contributed by atoms with E-state index in [4.69, 9.17) is 5.90 Å². The highest BCUT2D eigenvalue weighted by atomic mass is 19.1. The number of rotatable bonds is 4. The Morgan fingerprint density at radius 3 is 2.50 bits per heavy atom. The number of benzene rings is 1. The smallest absolute Gasteiger partial charge is 0.115 e. The van der Waals surface area contributed by atoms with Crippen molar-refractivity contribution in [3.63, 3.8) is 0 Å². The second-order valence-corrected chi connectivity index (χ2v) is 2.52. The van der Waals surface area contributed by atoms with E-state index in [0.717, 1.165) is 11.1 Å². The normalized spacial score (nSPS) is 10.2. The van der Waals surface area contributed by atoms with Crippen molar-refractivity contribution in [2.75, 3.05) is 6.61 Å². The van der Waals surface area contributed by atoms with Gasteiger partial charge in [0, 0.05) is 0 Å². The topological polar surface area (TPSA) is 35.2 Å². The van der Waals surface area contributed by atoms with Crippen molar-refractivity contribution in [3.8, 4) is 0 Å². The number of alkyl halides is 1. The van der Waals surface area contributed by atoms with Gasteiger partial charge in [-0.25, -0.2) is 10.3 Å². The summed E-state index contributed by atoms with van der Waals surface area (Å²) in [6.07, 6.45) is 0.663. The summed E-state index contributed by atoms with van der Waals surface area (Å²) in [6, 6.07) is 7.35. The molecule has 0 aliphatic heterocycles. The highest BCUT2D eigenvalue weighted by molar-refractivity contribution is 5.26. The van der Waals surface area contributed by atoms with Crippen molar-refractivity contribution in [2.24, 2.45) is 5.90 Å². The van der Waals surface area contributed by atoms with Gasteiger partial charge in [0.1, 0.15) is 6.67 Å². The molecule has 2 N–H and O–H groups in total. The molecule has 12 heavy (non-hydrogen) atoms. The van der Waals surface area contributed by atoms with Crippen LogP contribution in [0.4, 0.5) is 4.39 Å². The minimum atomic E-state index is -0.430. The van der Waals surface area contributed by atoms with E-state index in [9.17, 15) is 4.39 Å². The molecule has 0 heterocycles. The average molecular weight is 169 g/mol. The zero-order chi connectivity index (χ0) is 8.81. The summed E-state index contributed by atoms with van der Waals surface area (Å²) in [5.41, 5.74) is 1.68. The Hall–Kier alpha value is -0.930. The standard InChI is InChI=1S/C9H12FNO/c10-7-9-4-2-1-3-8(9)5-6-12-11/h1-4H,5-7,11H2. The van der Waals surface area contributed by atoms with E-state index >= 15 is 0 Å². The molecule has 2 nitrogen and oxygen atoms in total. The van der Waals surface area contributed by atoms with Gasteiger partial charge < -0.3 is 4.84 Å². The molecule has 0 amide bonds. The molecule has 1 aromatic rings. The summed E-state index contributed by atoms with van der Waals surface area (Å²) in [6.45, 7) is -0.00222. The summed E-state index contributed by atoms with van der Waals surface area (Å²) in [4.78, 5) is 4.42. The molecule has 0 aliphatic rings. The molecule has 0 spiro atoms. The molecule has 0 aliphatic carbocycles. The Labute approximate surface area is 71.1 Å². The van der Waals surface area contributed by atoms with Gasteiger partial charge in [-0.2, -0.15) is 0 Å². The lowest BCUT2D eigenvalue weighted by atomic mass is 10.1. The quantitative estimate of drug-likeness (QED) is 0.694. The molecule has 0 saturated carbocycles. The van der Waals surface area contributed by atoms with Crippen molar-refractivity contribution in [1.29, 1.82) is 0 Å². The summed E-state index contributed by atoms with van der Waals surface area (Å²) < 4.78 is 12.3. The van der Waals surface area contributed by atoms with Crippen molar-refractivity contribution < 1.29 is 9.23 Å². The minimum Gasteiger partial charge on any atom is -0.304 e. The van der Waals surface area contributed by atoms with Crippen molar-refractivity contribution in [3.05, 3.63) is 35.4 Å². The maximum absolute atomic E-state index is 12.3. The van der Waals surface area contributed by atoms with Crippen molar-refractivity contribution >= 4 is 0 Å². The first-order valence-electron chi connectivity index (χ1n) is 3.83. The van der Waals surface area contributed by atoms with E-state index in [-0.39, 0.29) is 0 Å². The first-order valence-corrected chi connectivity index (χ1v) is 3.83. The van der Waals surface area contributed by atoms with E-state index in [1.807, 2.05) is 18.2 Å². The van der Waals surface area contributed by atoms with Gasteiger partial charge in [-0.15, -0.1) is 0 Å². The lowest BCUT2D eigenvalue weighted by molar-refractivity contribution is 0.141. The number of nitrogens with two attached hydrogens (primary N) is 1. The van der Waals surface area contributed by atoms with Crippen LogP contribution in [-0.4, -0.2) is 6.61 Å². The van der Waals surface area contributed by atoms with Gasteiger partial charge >= 0.3 is 0 Å². The van der Waals surface area contributed by atoms with Crippen LogP contribution in [0.3, 0.4) is 0 Å². The molecule has 3 heteroatoms. The van der Waals surface area contributed by atoms with Crippen molar-refractivity contribution in [1.82, 2.24) is 0 Å². The van der Waals surface area contributed by atoms with Crippen LogP contribution in [0, 0.1) is 0 Å². The maximum Gasteiger partial charge on any atom is 0.115 e. The summed E-state index contributed by atoms with van der Waals surface area (Å²) >= 11 is 0. The zero-order valence-corrected chi connectivity index (χ0v) is 6.79. The molecule has 66 valence electrons. The fourth-order valence-electron chi connectivity index (χ4n) is 1.10. The van der Waals surface area contributed by atoms with Crippen LogP contribution < -0.4 is 5.90 Å². The summed E-state index contributed by atoms with van der Waals surface area (Å²) in [7, 11) is 0. The van der Waals surface area contributed by atoms with E-state index in [2.05, 4.69) is 4.84 Å². The highest BCUT2D eigenvalue weighted by Gasteiger charge is 1.99. The Morgan fingerprint density at radius 2 is 1.92 bits per heavy atom. The summed E-state index contributed by atoms with van der Waals surface area (Å²) in [5, 5.41) is 0. The van der Waals surface area contributed by atoms with Gasteiger partial charge in [-0.3, -0.25) is 0 Å². The molecule has 0 aromatic heterocycles. The molecule has 0 fully saturated rings. The van der Waals surface area contributed by atoms with Gasteiger partial charge in [0.15, 0.2) is 0 Å². The van der Waals surface area contributed by atoms with Gasteiger partial charge in [0.05, 0.1) is 6.61 Å². The SMILES string of the molecule is NOCCc1ccccc1CF. The molecular formula is C9H12FNO. The molecule has 0 radical (unpaired) electrons. The van der Waals surface area contributed by atoms with Crippen LogP contribution in [-0.2, 0) is 17.9 Å². The van der Waals surface area contributed by atoms with Crippen LogP contribution in [0.15, 0.2) is 24.3 Å². The lowest BCUT2D eigenvalue weighted by Gasteiger charge is -2.04. The van der Waals surface area contributed by atoms with Crippen LogP contribution in [0.25, 0.3) is 0 Å². The van der Waals surface area contributed by atoms with Crippen LogP contribution >= 0.6 is 0 Å². The second kappa shape index (κ2) is 4.85. The lowest BCUT2D eigenvalue weighted by Crippen LogP contribution is -2.05.